The number of hydrogen-bond acceptors (Lipinski definition) is 4. The van der Waals surface area contributed by atoms with Gasteiger partial charge in [-0.2, -0.15) is 5.10 Å². The molecule has 0 aliphatic carbocycles. The summed E-state index contributed by atoms with van der Waals surface area (Å²) in [5.41, 5.74) is 3.71. The molecule has 3 aromatic rings. The van der Waals surface area contributed by atoms with Crippen molar-refractivity contribution in [2.24, 2.45) is 0 Å². The molecule has 0 spiro atoms. The second kappa shape index (κ2) is 8.57. The van der Waals surface area contributed by atoms with E-state index in [0.717, 1.165) is 60.8 Å². The van der Waals surface area contributed by atoms with E-state index >= 15 is 0 Å². The van der Waals surface area contributed by atoms with E-state index in [0.29, 0.717) is 0 Å². The average molecular weight is 406 g/mol. The molecular weight excluding hydrogens is 378 g/mol. The minimum absolute atomic E-state index is 0.0162. The molecule has 1 fully saturated rings. The second-order valence-electron chi connectivity index (χ2n) is 7.65. The summed E-state index contributed by atoms with van der Waals surface area (Å²) in [6.07, 6.45) is 1.68. The molecule has 0 atom stereocenters. The van der Waals surface area contributed by atoms with Crippen LogP contribution >= 0.6 is 0 Å². The summed E-state index contributed by atoms with van der Waals surface area (Å²) >= 11 is 0. The lowest BCUT2D eigenvalue weighted by Crippen LogP contribution is -2.45. The van der Waals surface area contributed by atoms with Gasteiger partial charge in [0.2, 0.25) is 0 Å². The molecule has 7 heteroatoms. The van der Waals surface area contributed by atoms with Crippen LogP contribution in [0, 0.1) is 6.92 Å². The van der Waals surface area contributed by atoms with Crippen molar-refractivity contribution in [2.45, 2.75) is 39.3 Å². The number of amides is 1. The van der Waals surface area contributed by atoms with Gasteiger partial charge in [-0.3, -0.25) is 9.59 Å². The van der Waals surface area contributed by atoms with Crippen molar-refractivity contribution in [2.75, 3.05) is 18.0 Å². The van der Waals surface area contributed by atoms with E-state index in [-0.39, 0.29) is 17.5 Å². The summed E-state index contributed by atoms with van der Waals surface area (Å²) in [4.78, 5) is 26.4. The first-order valence-electron chi connectivity index (χ1n) is 10.4. The van der Waals surface area contributed by atoms with Gasteiger partial charge < -0.3 is 14.8 Å². The third kappa shape index (κ3) is 4.01. The number of carbonyl (C=O) groups excluding carboxylic acids is 1. The SMILES string of the molecule is CCn1c(-c2ccccc2)cc(C(=O)NC2CCN(c3ccc(=O)[nH]n3)CC2)c1C. The molecule has 0 unspecified atom stereocenters. The highest BCUT2D eigenvalue weighted by Gasteiger charge is 2.24. The highest BCUT2D eigenvalue weighted by Crippen LogP contribution is 2.26. The van der Waals surface area contributed by atoms with Gasteiger partial charge in [-0.05, 0) is 44.4 Å². The largest absolute Gasteiger partial charge is 0.355 e. The van der Waals surface area contributed by atoms with Gasteiger partial charge in [0.15, 0.2) is 0 Å². The lowest BCUT2D eigenvalue weighted by molar-refractivity contribution is 0.0930. The normalized spacial score (nSPS) is 14.7. The minimum atomic E-state index is -0.204. The van der Waals surface area contributed by atoms with E-state index in [4.69, 9.17) is 0 Å². The number of rotatable bonds is 5. The summed E-state index contributed by atoms with van der Waals surface area (Å²) in [6, 6.07) is 15.5. The highest BCUT2D eigenvalue weighted by atomic mass is 16.1. The van der Waals surface area contributed by atoms with Gasteiger partial charge in [-0.1, -0.05) is 30.3 Å². The number of nitrogens with one attached hydrogen (secondary N) is 2. The molecule has 4 rings (SSSR count). The van der Waals surface area contributed by atoms with Gasteiger partial charge in [0, 0.05) is 43.1 Å². The fourth-order valence-corrected chi connectivity index (χ4v) is 4.16. The van der Waals surface area contributed by atoms with Gasteiger partial charge in [-0.15, -0.1) is 0 Å². The van der Waals surface area contributed by atoms with Crippen LogP contribution in [0.1, 0.15) is 35.8 Å². The maximum Gasteiger partial charge on any atom is 0.264 e. The molecule has 30 heavy (non-hydrogen) atoms. The third-order valence-corrected chi connectivity index (χ3v) is 5.82. The van der Waals surface area contributed by atoms with Gasteiger partial charge >= 0.3 is 0 Å². The smallest absolute Gasteiger partial charge is 0.264 e. The number of H-pyrrole nitrogens is 1. The molecule has 156 valence electrons. The first-order chi connectivity index (χ1) is 14.6. The summed E-state index contributed by atoms with van der Waals surface area (Å²) in [6.45, 7) is 6.49. The zero-order valence-corrected chi connectivity index (χ0v) is 17.4. The van der Waals surface area contributed by atoms with Crippen LogP contribution in [0.3, 0.4) is 0 Å². The van der Waals surface area contributed by atoms with Crippen LogP contribution in [-0.2, 0) is 6.54 Å². The fraction of sp³-hybridized carbons (Fsp3) is 0.348. The lowest BCUT2D eigenvalue weighted by atomic mass is 10.0. The number of carbonyl (C=O) groups is 1. The maximum absolute atomic E-state index is 13.0. The lowest BCUT2D eigenvalue weighted by Gasteiger charge is -2.32. The van der Waals surface area contributed by atoms with E-state index in [2.05, 4.69) is 44.0 Å². The number of aromatic amines is 1. The Balaban J connectivity index is 1.44. The average Bonchev–Trinajstić information content (AvgIpc) is 3.12. The Bertz CT molecular complexity index is 1060. The summed E-state index contributed by atoms with van der Waals surface area (Å²) in [5.74, 6) is 0.750. The molecule has 0 bridgehead atoms. The zero-order chi connectivity index (χ0) is 21.1. The van der Waals surface area contributed by atoms with Gasteiger partial charge in [-0.25, -0.2) is 5.10 Å². The Morgan fingerprint density at radius 1 is 1.17 bits per heavy atom. The van der Waals surface area contributed by atoms with Crippen molar-refractivity contribution >= 4 is 11.7 Å². The summed E-state index contributed by atoms with van der Waals surface area (Å²) < 4.78 is 2.19. The van der Waals surface area contributed by atoms with Crippen LogP contribution < -0.4 is 15.8 Å². The number of hydrogen-bond donors (Lipinski definition) is 2. The molecule has 2 N–H and O–H groups in total. The van der Waals surface area contributed by atoms with Crippen molar-refractivity contribution in [3.8, 4) is 11.3 Å². The summed E-state index contributed by atoms with van der Waals surface area (Å²) in [7, 11) is 0. The Kier molecular flexibility index (Phi) is 5.70. The predicted molar refractivity (Wildman–Crippen MR) is 118 cm³/mol. The molecule has 1 saturated heterocycles. The number of aromatic nitrogens is 3. The maximum atomic E-state index is 13.0. The molecule has 0 saturated carbocycles. The predicted octanol–water partition coefficient (Wildman–Crippen LogP) is 2.97. The van der Waals surface area contributed by atoms with Crippen molar-refractivity contribution in [3.05, 3.63) is 70.1 Å². The van der Waals surface area contributed by atoms with Crippen molar-refractivity contribution in [3.63, 3.8) is 0 Å². The van der Waals surface area contributed by atoms with E-state index in [9.17, 15) is 9.59 Å². The fourth-order valence-electron chi connectivity index (χ4n) is 4.16. The first-order valence-corrected chi connectivity index (χ1v) is 10.4. The molecule has 7 nitrogen and oxygen atoms in total. The van der Waals surface area contributed by atoms with Crippen molar-refractivity contribution in [1.29, 1.82) is 0 Å². The van der Waals surface area contributed by atoms with Crippen molar-refractivity contribution in [1.82, 2.24) is 20.1 Å². The van der Waals surface area contributed by atoms with Crippen LogP contribution in [0.5, 0.6) is 0 Å². The quantitative estimate of drug-likeness (QED) is 0.684. The van der Waals surface area contributed by atoms with Gasteiger partial charge in [0.25, 0.3) is 11.5 Å². The van der Waals surface area contributed by atoms with Crippen LogP contribution in [0.2, 0.25) is 0 Å². The monoisotopic (exact) mass is 405 g/mol. The van der Waals surface area contributed by atoms with E-state index in [1.54, 1.807) is 6.07 Å². The van der Waals surface area contributed by atoms with Crippen LogP contribution in [0.15, 0.2) is 53.3 Å². The van der Waals surface area contributed by atoms with Crippen LogP contribution in [-0.4, -0.2) is 39.8 Å². The molecule has 1 aliphatic rings. The topological polar surface area (TPSA) is 83.0 Å². The second-order valence-corrected chi connectivity index (χ2v) is 7.65. The Labute approximate surface area is 175 Å². The Morgan fingerprint density at radius 3 is 2.53 bits per heavy atom. The number of nitrogens with zero attached hydrogens (tertiary/aromatic N) is 3. The van der Waals surface area contributed by atoms with Gasteiger partial charge in [0.1, 0.15) is 5.82 Å². The molecule has 1 aliphatic heterocycles. The van der Waals surface area contributed by atoms with Crippen LogP contribution in [0.4, 0.5) is 5.82 Å². The van der Waals surface area contributed by atoms with E-state index < -0.39 is 0 Å². The first kappa shape index (κ1) is 19.9. The van der Waals surface area contributed by atoms with Crippen molar-refractivity contribution < 1.29 is 4.79 Å². The van der Waals surface area contributed by atoms with E-state index in [1.165, 1.54) is 6.07 Å². The molecule has 1 amide bonds. The third-order valence-electron chi connectivity index (χ3n) is 5.82. The zero-order valence-electron chi connectivity index (χ0n) is 17.4. The molecule has 0 radical (unpaired) electrons. The van der Waals surface area contributed by atoms with Crippen LogP contribution in [0.25, 0.3) is 11.3 Å². The van der Waals surface area contributed by atoms with E-state index in [1.807, 2.05) is 31.2 Å². The minimum Gasteiger partial charge on any atom is -0.355 e. The number of anilines is 1. The van der Waals surface area contributed by atoms with Gasteiger partial charge in [0.05, 0.1) is 5.56 Å². The summed E-state index contributed by atoms with van der Waals surface area (Å²) in [5, 5.41) is 9.79. The highest BCUT2D eigenvalue weighted by molar-refractivity contribution is 5.97. The number of piperidine rings is 1. The molecule has 3 heterocycles. The number of benzene rings is 1. The Morgan fingerprint density at radius 2 is 1.90 bits per heavy atom. The Hall–Kier alpha value is -3.35. The molecular formula is C23H27N5O2. The molecule has 2 aromatic heterocycles. The molecule has 1 aromatic carbocycles. The standard InChI is InChI=1S/C23H27N5O2/c1-3-28-16(2)19(15-20(28)17-7-5-4-6-8-17)23(30)24-18-11-13-27(14-12-18)21-9-10-22(29)26-25-21/h4-10,15,18H,3,11-14H2,1-2H3,(H,24,30)(H,26,29).